The fraction of sp³-hybridized carbons (Fsp3) is 0.370. The normalized spacial score (nSPS) is 16.2. The first-order valence-corrected chi connectivity index (χ1v) is 11.5. The summed E-state index contributed by atoms with van der Waals surface area (Å²) in [5, 5.41) is 14.5. The van der Waals surface area contributed by atoms with Crippen molar-refractivity contribution in [3.05, 3.63) is 59.7 Å². The van der Waals surface area contributed by atoms with Crippen LogP contribution >= 0.6 is 0 Å². The molecule has 0 aliphatic heterocycles. The number of hydrogen-bond donors (Lipinski definition) is 3. The molecule has 0 saturated heterocycles. The van der Waals surface area contributed by atoms with Crippen molar-refractivity contribution < 1.29 is 24.2 Å². The fourth-order valence-corrected chi connectivity index (χ4v) is 4.76. The number of benzene rings is 2. The van der Waals surface area contributed by atoms with E-state index in [0.29, 0.717) is 0 Å². The largest absolute Gasteiger partial charge is 0.480 e. The molecule has 3 N–H and O–H groups in total. The van der Waals surface area contributed by atoms with Gasteiger partial charge in [0.2, 0.25) is 5.91 Å². The van der Waals surface area contributed by atoms with Gasteiger partial charge in [0, 0.05) is 18.9 Å². The first-order valence-electron chi connectivity index (χ1n) is 11.5. The summed E-state index contributed by atoms with van der Waals surface area (Å²) in [6.07, 6.45) is 7.25. The number of ether oxygens (including phenoxy) is 1. The van der Waals surface area contributed by atoms with Gasteiger partial charge in [-0.1, -0.05) is 55.0 Å². The number of alkyl carbamates (subject to hydrolysis) is 1. The number of hydrogen-bond acceptors (Lipinski definition) is 4. The second-order valence-corrected chi connectivity index (χ2v) is 8.81. The Bertz CT molecular complexity index is 1070. The summed E-state index contributed by atoms with van der Waals surface area (Å²) in [5.41, 5.74) is 4.54. The Morgan fingerprint density at radius 2 is 1.68 bits per heavy atom. The third-order valence-corrected chi connectivity index (χ3v) is 6.80. The van der Waals surface area contributed by atoms with E-state index >= 15 is 0 Å². The van der Waals surface area contributed by atoms with Crippen molar-refractivity contribution in [1.29, 1.82) is 0 Å². The van der Waals surface area contributed by atoms with Gasteiger partial charge in [-0.15, -0.1) is 12.3 Å². The molecule has 4 rings (SSSR count). The third kappa shape index (κ3) is 4.91. The lowest BCUT2D eigenvalue weighted by atomic mass is 9.75. The summed E-state index contributed by atoms with van der Waals surface area (Å²) in [4.78, 5) is 36.7. The van der Waals surface area contributed by atoms with Gasteiger partial charge in [0.25, 0.3) is 0 Å². The van der Waals surface area contributed by atoms with E-state index in [1.165, 1.54) is 0 Å². The number of amides is 2. The molecule has 2 aromatic rings. The molecule has 2 aliphatic carbocycles. The zero-order chi connectivity index (χ0) is 24.1. The van der Waals surface area contributed by atoms with Gasteiger partial charge in [-0.3, -0.25) is 4.79 Å². The number of fused-ring (bicyclic) bond motifs is 3. The molecule has 0 radical (unpaired) electrons. The minimum Gasteiger partial charge on any atom is -0.480 e. The maximum atomic E-state index is 12.8. The van der Waals surface area contributed by atoms with E-state index in [2.05, 4.69) is 28.7 Å². The maximum Gasteiger partial charge on any atom is 0.407 e. The molecule has 2 unspecified atom stereocenters. The molecule has 0 spiro atoms. The number of carbonyl (C=O) groups excluding carboxylic acids is 2. The van der Waals surface area contributed by atoms with Crippen molar-refractivity contribution in [3.63, 3.8) is 0 Å². The van der Waals surface area contributed by atoms with E-state index in [-0.39, 0.29) is 31.4 Å². The summed E-state index contributed by atoms with van der Waals surface area (Å²) >= 11 is 0. The molecule has 0 bridgehead atoms. The molecule has 34 heavy (non-hydrogen) atoms. The Labute approximate surface area is 198 Å². The van der Waals surface area contributed by atoms with E-state index in [4.69, 9.17) is 11.2 Å². The minimum absolute atomic E-state index is 0.0519. The standard InChI is InChI=1S/C27H28N2O5/c1-2-8-24(26(31)32)29-25(30)22(17-9-7-10-17)15-28-27(33)34-16-23-20-13-5-3-11-18(20)19-12-4-6-14-21(19)23/h1,3-6,11-14,17,22-24H,7-10,15-16H2,(H,28,33)(H,29,30)(H,31,32). The van der Waals surface area contributed by atoms with Gasteiger partial charge in [0.05, 0.1) is 5.92 Å². The van der Waals surface area contributed by atoms with E-state index < -0.39 is 29.9 Å². The Morgan fingerprint density at radius 3 is 2.21 bits per heavy atom. The number of carbonyl (C=O) groups is 3. The van der Waals surface area contributed by atoms with E-state index in [9.17, 15) is 19.5 Å². The Morgan fingerprint density at radius 1 is 1.06 bits per heavy atom. The zero-order valence-corrected chi connectivity index (χ0v) is 18.8. The van der Waals surface area contributed by atoms with Crippen molar-refractivity contribution in [2.45, 2.75) is 37.6 Å². The molecule has 2 aliphatic rings. The molecular formula is C27H28N2O5. The van der Waals surface area contributed by atoms with Crippen molar-refractivity contribution >= 4 is 18.0 Å². The van der Waals surface area contributed by atoms with Crippen LogP contribution in [-0.4, -0.2) is 42.3 Å². The Hall–Kier alpha value is -3.79. The van der Waals surface area contributed by atoms with Gasteiger partial charge in [0.15, 0.2) is 0 Å². The van der Waals surface area contributed by atoms with Crippen LogP contribution in [0.4, 0.5) is 4.79 Å². The van der Waals surface area contributed by atoms with Crippen LogP contribution in [0.1, 0.15) is 42.7 Å². The second-order valence-electron chi connectivity index (χ2n) is 8.81. The predicted molar refractivity (Wildman–Crippen MR) is 127 cm³/mol. The first-order chi connectivity index (χ1) is 16.5. The fourth-order valence-electron chi connectivity index (χ4n) is 4.76. The van der Waals surface area contributed by atoms with Gasteiger partial charge >= 0.3 is 12.1 Å². The molecule has 2 atom stereocenters. The van der Waals surface area contributed by atoms with Crippen molar-refractivity contribution in [2.24, 2.45) is 11.8 Å². The van der Waals surface area contributed by atoms with Crippen LogP contribution in [0.25, 0.3) is 11.1 Å². The Kier molecular flexibility index (Phi) is 7.17. The first kappa shape index (κ1) is 23.4. The molecule has 0 aromatic heterocycles. The van der Waals surface area contributed by atoms with Crippen molar-refractivity contribution in [1.82, 2.24) is 10.6 Å². The number of terminal acetylenes is 1. The molecular weight excluding hydrogens is 432 g/mol. The number of carboxylic acids is 1. The third-order valence-electron chi connectivity index (χ3n) is 6.80. The summed E-state index contributed by atoms with van der Waals surface area (Å²) in [5.74, 6) is 0.191. The Balaban J connectivity index is 1.35. The highest BCUT2D eigenvalue weighted by Crippen LogP contribution is 2.44. The van der Waals surface area contributed by atoms with Crippen molar-refractivity contribution in [3.8, 4) is 23.5 Å². The highest BCUT2D eigenvalue weighted by molar-refractivity contribution is 5.86. The smallest absolute Gasteiger partial charge is 0.407 e. The van der Waals surface area contributed by atoms with Crippen LogP contribution in [0, 0.1) is 24.2 Å². The average molecular weight is 461 g/mol. The highest BCUT2D eigenvalue weighted by atomic mass is 16.5. The van der Waals surface area contributed by atoms with E-state index in [1.807, 2.05) is 36.4 Å². The summed E-state index contributed by atoms with van der Waals surface area (Å²) in [6.45, 7) is 0.263. The van der Waals surface area contributed by atoms with Crippen LogP contribution in [0.2, 0.25) is 0 Å². The molecule has 1 saturated carbocycles. The second kappa shape index (κ2) is 10.4. The number of rotatable bonds is 9. The maximum absolute atomic E-state index is 12.8. The molecule has 7 nitrogen and oxygen atoms in total. The van der Waals surface area contributed by atoms with Crippen molar-refractivity contribution in [2.75, 3.05) is 13.2 Å². The van der Waals surface area contributed by atoms with Gasteiger partial charge in [-0.25, -0.2) is 9.59 Å². The monoisotopic (exact) mass is 460 g/mol. The van der Waals surface area contributed by atoms with Crippen LogP contribution in [-0.2, 0) is 14.3 Å². The highest BCUT2D eigenvalue weighted by Gasteiger charge is 2.35. The lowest BCUT2D eigenvalue weighted by Gasteiger charge is -2.33. The number of aliphatic carboxylic acids is 1. The van der Waals surface area contributed by atoms with E-state index in [0.717, 1.165) is 41.5 Å². The van der Waals surface area contributed by atoms with Gasteiger partial charge in [0.1, 0.15) is 12.6 Å². The predicted octanol–water partition coefficient (Wildman–Crippen LogP) is 3.53. The van der Waals surface area contributed by atoms with Crippen LogP contribution < -0.4 is 10.6 Å². The SMILES string of the molecule is C#CCC(NC(=O)C(CNC(=O)OCC1c2ccccc2-c2ccccc21)C1CCC1)C(=O)O. The molecule has 7 heteroatoms. The molecule has 2 aromatic carbocycles. The van der Waals surface area contributed by atoms with Gasteiger partial charge in [-0.05, 0) is 41.0 Å². The van der Waals surface area contributed by atoms with Crippen LogP contribution in [0.3, 0.4) is 0 Å². The zero-order valence-electron chi connectivity index (χ0n) is 18.8. The van der Waals surface area contributed by atoms with Gasteiger partial charge < -0.3 is 20.5 Å². The van der Waals surface area contributed by atoms with E-state index in [1.54, 1.807) is 0 Å². The average Bonchev–Trinajstić information content (AvgIpc) is 3.12. The summed E-state index contributed by atoms with van der Waals surface area (Å²) in [7, 11) is 0. The quantitative estimate of drug-likeness (QED) is 0.497. The number of carboxylic acid groups (broad SMARTS) is 1. The number of nitrogens with one attached hydrogen (secondary N) is 2. The molecule has 176 valence electrons. The molecule has 1 fully saturated rings. The van der Waals surface area contributed by atoms with Crippen LogP contribution in [0.15, 0.2) is 48.5 Å². The minimum atomic E-state index is -1.18. The summed E-state index contributed by atoms with van der Waals surface area (Å²) < 4.78 is 5.56. The molecule has 2 amide bonds. The van der Waals surface area contributed by atoms with Crippen LogP contribution in [0.5, 0.6) is 0 Å². The topological polar surface area (TPSA) is 105 Å². The lowest BCUT2D eigenvalue weighted by molar-refractivity contribution is -0.142. The summed E-state index contributed by atoms with van der Waals surface area (Å²) in [6, 6.07) is 15.0. The van der Waals surface area contributed by atoms with Gasteiger partial charge in [-0.2, -0.15) is 0 Å². The lowest BCUT2D eigenvalue weighted by Crippen LogP contribution is -2.49. The molecule has 0 heterocycles.